The Labute approximate surface area is 423 Å². The standard InChI is InChI=1S/C19H25F5O3.C18H23F5O3.C15H19F3O3/c1-4-17(2,3)14-6-8-15(9-7-14)27-12-16(25)26-11-5-10-18(20,21)13-19(22,23)24;1-3-13(2)14-5-7-15(8-6-14)26-11-16(24)25-10-4-9-17(19,20)12-18(21,22)23;1-4-10(2)12-5-7-13(8-6-12)20-9-14(19)21-11(3)15(16,17)18/h6-9H,4-5,10-13H2,1-3H3;5-8,13H,3-4,9-12H2,1-2H3;5-8,10-11H,4,9H2,1-3H3. The van der Waals surface area contributed by atoms with Crippen molar-refractivity contribution in [2.75, 3.05) is 33.0 Å². The molecular formula is C52H67F13O9. The fourth-order valence-corrected chi connectivity index (χ4v) is 6.07. The van der Waals surface area contributed by atoms with Crippen LogP contribution >= 0.6 is 0 Å². The van der Waals surface area contributed by atoms with E-state index < -0.39 is 99.9 Å². The minimum absolute atomic E-state index is 0.0195. The third-order valence-electron chi connectivity index (χ3n) is 11.3. The largest absolute Gasteiger partial charge is 0.482 e. The summed E-state index contributed by atoms with van der Waals surface area (Å²) in [7, 11) is 0. The number of carbonyl (C=O) groups is 3. The average molecular weight is 1080 g/mol. The molecule has 0 radical (unpaired) electrons. The van der Waals surface area contributed by atoms with Crippen molar-refractivity contribution >= 4 is 17.9 Å². The van der Waals surface area contributed by atoms with Gasteiger partial charge in [-0.15, -0.1) is 0 Å². The quantitative estimate of drug-likeness (QED) is 0.0336. The Morgan fingerprint density at radius 3 is 1.11 bits per heavy atom. The summed E-state index contributed by atoms with van der Waals surface area (Å²) in [5.74, 6) is -8.16. The molecule has 9 nitrogen and oxygen atoms in total. The molecule has 22 heteroatoms. The summed E-state index contributed by atoms with van der Waals surface area (Å²) >= 11 is 0. The predicted octanol–water partition coefficient (Wildman–Crippen LogP) is 15.2. The highest BCUT2D eigenvalue weighted by atomic mass is 19.4. The lowest BCUT2D eigenvalue weighted by molar-refractivity contribution is -0.217. The fourth-order valence-electron chi connectivity index (χ4n) is 6.07. The first kappa shape index (κ1) is 66.6. The number of halogens is 13. The van der Waals surface area contributed by atoms with Crippen molar-refractivity contribution in [3.05, 3.63) is 89.5 Å². The van der Waals surface area contributed by atoms with Gasteiger partial charge >= 0.3 is 36.4 Å². The zero-order valence-electron chi connectivity index (χ0n) is 42.6. The molecule has 0 aliphatic carbocycles. The van der Waals surface area contributed by atoms with Gasteiger partial charge in [-0.3, -0.25) is 0 Å². The number of rotatable bonds is 26. The van der Waals surface area contributed by atoms with Crippen LogP contribution in [-0.4, -0.2) is 87.4 Å². The third kappa shape index (κ3) is 29.5. The lowest BCUT2D eigenvalue weighted by atomic mass is 9.82. The average Bonchev–Trinajstić information content (AvgIpc) is 3.30. The lowest BCUT2D eigenvalue weighted by Crippen LogP contribution is -2.32. The Hall–Kier alpha value is -5.44. The molecule has 0 fully saturated rings. The molecule has 0 aliphatic rings. The van der Waals surface area contributed by atoms with Crippen molar-refractivity contribution in [1.29, 1.82) is 0 Å². The Kier molecular flexibility index (Phi) is 27.7. The minimum Gasteiger partial charge on any atom is -0.482 e. The number of ether oxygens (including phenoxy) is 6. The number of hydrogen-bond acceptors (Lipinski definition) is 9. The molecule has 0 aliphatic heterocycles. The van der Waals surface area contributed by atoms with Gasteiger partial charge in [0.1, 0.15) is 30.1 Å². The topological polar surface area (TPSA) is 107 Å². The molecule has 420 valence electrons. The molecule has 3 aromatic rings. The second kappa shape index (κ2) is 30.8. The van der Waals surface area contributed by atoms with Gasteiger partial charge in [-0.1, -0.05) is 84.9 Å². The van der Waals surface area contributed by atoms with Crippen LogP contribution in [0.5, 0.6) is 17.2 Å². The zero-order valence-corrected chi connectivity index (χ0v) is 42.6. The first-order valence-corrected chi connectivity index (χ1v) is 23.8. The molecule has 0 aromatic heterocycles. The summed E-state index contributed by atoms with van der Waals surface area (Å²) in [4.78, 5) is 34.3. The molecule has 0 amide bonds. The van der Waals surface area contributed by atoms with Gasteiger partial charge in [-0.05, 0) is 109 Å². The van der Waals surface area contributed by atoms with Gasteiger partial charge < -0.3 is 28.4 Å². The fraction of sp³-hybridized carbons (Fsp3) is 0.596. The maximum absolute atomic E-state index is 13.1. The van der Waals surface area contributed by atoms with Crippen LogP contribution in [-0.2, 0) is 34.0 Å². The molecule has 0 spiro atoms. The first-order chi connectivity index (χ1) is 34.1. The van der Waals surface area contributed by atoms with Crippen LogP contribution < -0.4 is 14.2 Å². The van der Waals surface area contributed by atoms with Crippen molar-refractivity contribution in [2.45, 2.75) is 167 Å². The molecule has 3 aromatic carbocycles. The van der Waals surface area contributed by atoms with Gasteiger partial charge in [-0.2, -0.15) is 39.5 Å². The molecule has 0 bridgehead atoms. The molecule has 0 saturated carbocycles. The Balaban J connectivity index is 0.000000560. The monoisotopic (exact) mass is 1080 g/mol. The zero-order chi connectivity index (χ0) is 56.6. The summed E-state index contributed by atoms with van der Waals surface area (Å²) in [6.07, 6.45) is -20.7. The SMILES string of the molecule is CCC(C)(C)c1ccc(OCC(=O)OCCCC(F)(F)CC(F)(F)F)cc1.CCC(C)c1ccc(OCC(=O)OC(C)C(F)(F)F)cc1.CCC(C)c1ccc(OCC(=O)OCCCC(F)(F)CC(F)(F)F)cc1. The normalized spacial score (nSPS) is 13.4. The Morgan fingerprint density at radius 1 is 0.486 bits per heavy atom. The molecule has 3 atom stereocenters. The molecular weight excluding hydrogens is 1020 g/mol. The summed E-state index contributed by atoms with van der Waals surface area (Å²) < 4.78 is 190. The summed E-state index contributed by atoms with van der Waals surface area (Å²) in [5.41, 5.74) is 3.42. The van der Waals surface area contributed by atoms with Gasteiger partial charge in [0.2, 0.25) is 0 Å². The van der Waals surface area contributed by atoms with E-state index in [9.17, 15) is 71.5 Å². The number of alkyl halides is 13. The van der Waals surface area contributed by atoms with E-state index in [4.69, 9.17) is 23.7 Å². The summed E-state index contributed by atoms with van der Waals surface area (Å²) in [6, 6.07) is 21.5. The van der Waals surface area contributed by atoms with E-state index in [0.717, 1.165) is 42.9 Å². The highest BCUT2D eigenvalue weighted by molar-refractivity contribution is 5.72. The number of esters is 3. The third-order valence-corrected chi connectivity index (χ3v) is 11.3. The predicted molar refractivity (Wildman–Crippen MR) is 250 cm³/mol. The van der Waals surface area contributed by atoms with Gasteiger partial charge in [0.25, 0.3) is 11.8 Å². The van der Waals surface area contributed by atoms with Gasteiger partial charge in [0, 0.05) is 12.8 Å². The van der Waals surface area contributed by atoms with Crippen LogP contribution in [0.1, 0.15) is 142 Å². The van der Waals surface area contributed by atoms with Gasteiger partial charge in [-0.25, -0.2) is 31.9 Å². The Morgan fingerprint density at radius 2 is 0.811 bits per heavy atom. The maximum atomic E-state index is 13.1. The molecule has 3 rings (SSSR count). The van der Waals surface area contributed by atoms with E-state index in [0.29, 0.717) is 29.1 Å². The van der Waals surface area contributed by atoms with E-state index in [2.05, 4.69) is 53.2 Å². The van der Waals surface area contributed by atoms with Crippen LogP contribution in [0.3, 0.4) is 0 Å². The van der Waals surface area contributed by atoms with Gasteiger partial charge in [0.15, 0.2) is 25.9 Å². The summed E-state index contributed by atoms with van der Waals surface area (Å²) in [6.45, 7) is 13.3. The highest BCUT2D eigenvalue weighted by Crippen LogP contribution is 2.36. The molecule has 74 heavy (non-hydrogen) atoms. The van der Waals surface area contributed by atoms with E-state index in [1.54, 1.807) is 36.4 Å². The van der Waals surface area contributed by atoms with Crippen LogP contribution in [0.15, 0.2) is 72.8 Å². The van der Waals surface area contributed by atoms with Gasteiger partial charge in [0.05, 0.1) is 13.2 Å². The molecule has 3 unspecified atom stereocenters. The van der Waals surface area contributed by atoms with Crippen molar-refractivity contribution in [2.24, 2.45) is 0 Å². The second-order valence-electron chi connectivity index (χ2n) is 18.0. The minimum atomic E-state index is -4.93. The van der Waals surface area contributed by atoms with E-state index >= 15 is 0 Å². The molecule has 0 N–H and O–H groups in total. The van der Waals surface area contributed by atoms with Crippen LogP contribution in [0, 0.1) is 0 Å². The first-order valence-electron chi connectivity index (χ1n) is 23.8. The highest BCUT2D eigenvalue weighted by Gasteiger charge is 2.44. The maximum Gasteiger partial charge on any atom is 0.425 e. The van der Waals surface area contributed by atoms with Crippen LogP contribution in [0.4, 0.5) is 57.1 Å². The number of benzene rings is 3. The van der Waals surface area contributed by atoms with Crippen molar-refractivity contribution in [3.8, 4) is 17.2 Å². The van der Waals surface area contributed by atoms with E-state index in [1.165, 1.54) is 0 Å². The van der Waals surface area contributed by atoms with E-state index in [-0.39, 0.29) is 31.5 Å². The number of carbonyl (C=O) groups excluding carboxylic acids is 3. The van der Waals surface area contributed by atoms with Crippen LogP contribution in [0.25, 0.3) is 0 Å². The second-order valence-corrected chi connectivity index (χ2v) is 18.0. The van der Waals surface area contributed by atoms with Crippen molar-refractivity contribution in [3.63, 3.8) is 0 Å². The van der Waals surface area contributed by atoms with E-state index in [1.807, 2.05) is 36.4 Å². The van der Waals surface area contributed by atoms with Crippen molar-refractivity contribution < 1.29 is 99.9 Å². The lowest BCUT2D eigenvalue weighted by Gasteiger charge is -2.23. The van der Waals surface area contributed by atoms with Crippen molar-refractivity contribution in [1.82, 2.24) is 0 Å². The Bertz CT molecular complexity index is 2070. The number of hydrogen-bond donors (Lipinski definition) is 0. The van der Waals surface area contributed by atoms with Crippen LogP contribution in [0.2, 0.25) is 0 Å². The molecule has 0 heterocycles. The smallest absolute Gasteiger partial charge is 0.425 e. The molecule has 0 saturated heterocycles. The summed E-state index contributed by atoms with van der Waals surface area (Å²) in [5, 5.41) is 0.